The Morgan fingerprint density at radius 1 is 0.735 bits per heavy atom. The molecule has 0 heterocycles. The highest BCUT2D eigenvalue weighted by Gasteiger charge is 2.73. The molecule has 3 aromatic rings. The van der Waals surface area contributed by atoms with Gasteiger partial charge in [0.15, 0.2) is 9.96 Å². The van der Waals surface area contributed by atoms with Crippen molar-refractivity contribution in [3.63, 3.8) is 0 Å². The van der Waals surface area contributed by atoms with Crippen LogP contribution < -0.4 is 0 Å². The number of hydrogen-bond donors (Lipinski definition) is 1. The lowest BCUT2D eigenvalue weighted by Crippen LogP contribution is -2.42. The van der Waals surface area contributed by atoms with Gasteiger partial charge in [0.2, 0.25) is 0 Å². The van der Waals surface area contributed by atoms with E-state index in [1.165, 1.54) is 36.4 Å². The number of halogens is 6. The first-order valence-corrected chi connectivity index (χ1v) is 15.0. The lowest BCUT2D eigenvalue weighted by Gasteiger charge is -2.48. The van der Waals surface area contributed by atoms with Crippen molar-refractivity contribution in [2.75, 3.05) is 6.61 Å². The minimum absolute atomic E-state index is 0.271. The molecule has 3 aromatic carbocycles. The van der Waals surface area contributed by atoms with Crippen molar-refractivity contribution in [2.24, 2.45) is 0 Å². The van der Waals surface area contributed by atoms with Crippen molar-refractivity contribution < 1.29 is 36.6 Å². The molecule has 2 unspecified atom stereocenters. The van der Waals surface area contributed by atoms with Gasteiger partial charge in [-0.05, 0) is 46.7 Å². The zero-order valence-electron chi connectivity index (χ0n) is 17.2. The molecule has 0 amide bonds. The van der Waals surface area contributed by atoms with Crippen molar-refractivity contribution in [3.8, 4) is 0 Å². The van der Waals surface area contributed by atoms with Gasteiger partial charge in [-0.3, -0.25) is 0 Å². The van der Waals surface area contributed by atoms with Crippen molar-refractivity contribution in [1.29, 1.82) is 0 Å². The molecule has 0 aromatic heterocycles. The zero-order chi connectivity index (χ0) is 25.3. The van der Waals surface area contributed by atoms with Crippen LogP contribution in [0.3, 0.4) is 0 Å². The van der Waals surface area contributed by atoms with E-state index in [9.17, 15) is 27.8 Å². The van der Waals surface area contributed by atoms with E-state index in [-0.39, 0.29) is 14.7 Å². The summed E-state index contributed by atoms with van der Waals surface area (Å²) < 4.78 is 96.0. The maximum atomic E-state index is 13.5. The normalized spacial score (nSPS) is 17.3. The van der Waals surface area contributed by atoms with E-state index in [1.807, 2.05) is 0 Å². The van der Waals surface area contributed by atoms with Gasteiger partial charge in [0.1, 0.15) is 0 Å². The molecule has 0 aliphatic heterocycles. The predicted octanol–water partition coefficient (Wildman–Crippen LogP) is 7.45. The molecule has 0 spiro atoms. The van der Waals surface area contributed by atoms with E-state index < -0.39 is 47.2 Å². The van der Waals surface area contributed by atoms with E-state index in [2.05, 4.69) is 0 Å². The van der Waals surface area contributed by atoms with Crippen LogP contribution in [0.2, 0.25) is 0 Å². The Labute approximate surface area is 200 Å². The zero-order valence-corrected chi connectivity index (χ0v) is 20.4. The molecule has 0 fully saturated rings. The van der Waals surface area contributed by atoms with E-state index in [0.717, 1.165) is 0 Å². The van der Waals surface area contributed by atoms with Gasteiger partial charge in [0.25, 0.3) is 20.3 Å². The van der Waals surface area contributed by atoms with E-state index in [1.54, 1.807) is 54.6 Å². The fraction of sp³-hybridized carbons (Fsp3) is 0.143. The van der Waals surface area contributed by atoms with Gasteiger partial charge in [0.05, 0.1) is 6.61 Å². The third kappa shape index (κ3) is 5.52. The first kappa shape index (κ1) is 26.8. The standard InChI is InChI=1S/C21H20ClF5O4S3/c22-21(20(16-28)34(23,24,25,26)27)33(29,30)31-32(17-10-4-1-5-11-17,18-12-6-2-7-13-18)19-14-8-3-9-15-19/h1-15,20-21,28H,16H2. The smallest absolute Gasteiger partial charge is 0.296 e. The topological polar surface area (TPSA) is 63.6 Å². The molecular formula is C21H20ClF5O4S3. The number of alkyl halides is 1. The summed E-state index contributed by atoms with van der Waals surface area (Å²) in [6, 6.07) is 23.4. The van der Waals surface area contributed by atoms with E-state index in [4.69, 9.17) is 20.3 Å². The van der Waals surface area contributed by atoms with Crippen LogP contribution in [-0.4, -0.2) is 30.1 Å². The monoisotopic (exact) mass is 562 g/mol. The summed E-state index contributed by atoms with van der Waals surface area (Å²) in [6.45, 7) is -2.24. The van der Waals surface area contributed by atoms with Gasteiger partial charge >= 0.3 is 0 Å². The minimum Gasteiger partial charge on any atom is -0.395 e. The summed E-state index contributed by atoms with van der Waals surface area (Å²) in [5, 5.41) is 5.07. The second kappa shape index (κ2) is 8.68. The molecule has 34 heavy (non-hydrogen) atoms. The van der Waals surface area contributed by atoms with Crippen LogP contribution in [0, 0.1) is 0 Å². The number of rotatable bonds is 9. The molecule has 3 rings (SSSR count). The molecule has 4 nitrogen and oxygen atoms in total. The second-order valence-electron chi connectivity index (χ2n) is 7.16. The SMILES string of the molecule is O=S(=O)(OS(c1ccccc1)(c1ccccc1)c1ccccc1)C(Cl)C(CO)S(F)(F)(F)(F)F. The van der Waals surface area contributed by atoms with Crippen LogP contribution in [0.1, 0.15) is 0 Å². The Morgan fingerprint density at radius 2 is 1.06 bits per heavy atom. The highest BCUT2D eigenvalue weighted by Crippen LogP contribution is 3.00. The second-order valence-corrected chi connectivity index (χ2v) is 15.1. The summed E-state index contributed by atoms with van der Waals surface area (Å²) in [7, 11) is -19.4. The van der Waals surface area contributed by atoms with Crippen LogP contribution in [0.25, 0.3) is 0 Å². The third-order valence-corrected chi connectivity index (χ3v) is 12.9. The fourth-order valence-corrected chi connectivity index (χ4v) is 11.1. The summed E-state index contributed by atoms with van der Waals surface area (Å²) in [5.74, 6) is 0. The summed E-state index contributed by atoms with van der Waals surface area (Å²) in [6.07, 6.45) is 0. The molecule has 1 N–H and O–H groups in total. The molecule has 0 aliphatic carbocycles. The molecule has 0 saturated carbocycles. The average molecular weight is 563 g/mol. The van der Waals surface area contributed by atoms with Gasteiger partial charge in [0, 0.05) is 14.7 Å². The number of benzene rings is 3. The van der Waals surface area contributed by atoms with Crippen molar-refractivity contribution in [1.82, 2.24) is 0 Å². The lowest BCUT2D eigenvalue weighted by molar-refractivity contribution is 0.253. The quantitative estimate of drug-likeness (QED) is 0.217. The summed E-state index contributed by atoms with van der Waals surface area (Å²) in [4.78, 5) is 0.813. The fourth-order valence-electron chi connectivity index (χ4n) is 3.15. The molecule has 0 bridgehead atoms. The number of hydrogen-bond acceptors (Lipinski definition) is 4. The van der Waals surface area contributed by atoms with Crippen LogP contribution in [0.15, 0.2) is 106 Å². The molecular weight excluding hydrogens is 543 g/mol. The van der Waals surface area contributed by atoms with Crippen molar-refractivity contribution in [2.45, 2.75) is 24.6 Å². The Hall–Kier alpha value is -1.83. The highest BCUT2D eigenvalue weighted by molar-refractivity contribution is 8.46. The molecule has 0 aliphatic rings. The van der Waals surface area contributed by atoms with E-state index >= 15 is 0 Å². The van der Waals surface area contributed by atoms with Crippen molar-refractivity contribution in [3.05, 3.63) is 91.0 Å². The van der Waals surface area contributed by atoms with Crippen LogP contribution >= 0.6 is 32.1 Å². The van der Waals surface area contributed by atoms with Crippen LogP contribution in [-0.2, 0) is 13.7 Å². The van der Waals surface area contributed by atoms with Crippen LogP contribution in [0.4, 0.5) is 19.4 Å². The summed E-state index contributed by atoms with van der Waals surface area (Å²) >= 11 is 5.54. The van der Waals surface area contributed by atoms with Gasteiger partial charge in [-0.1, -0.05) is 74.0 Å². The van der Waals surface area contributed by atoms with E-state index in [0.29, 0.717) is 0 Å². The predicted molar refractivity (Wildman–Crippen MR) is 125 cm³/mol. The largest absolute Gasteiger partial charge is 0.395 e. The molecule has 13 heteroatoms. The molecule has 188 valence electrons. The van der Waals surface area contributed by atoms with Crippen LogP contribution in [0.5, 0.6) is 0 Å². The number of aliphatic hydroxyl groups is 1. The molecule has 2 atom stereocenters. The first-order chi connectivity index (χ1) is 15.6. The first-order valence-electron chi connectivity index (χ1n) is 9.53. The molecule has 0 radical (unpaired) electrons. The Balaban J connectivity index is 2.28. The molecule has 0 saturated heterocycles. The van der Waals surface area contributed by atoms with Gasteiger partial charge in [-0.2, -0.15) is 8.42 Å². The Kier molecular flexibility index (Phi) is 6.83. The van der Waals surface area contributed by atoms with Gasteiger partial charge in [-0.15, -0.1) is 11.6 Å². The highest BCUT2D eigenvalue weighted by atomic mass is 35.5. The van der Waals surface area contributed by atoms with Gasteiger partial charge in [-0.25, -0.2) is 3.63 Å². The average Bonchev–Trinajstić information content (AvgIpc) is 2.77. The minimum atomic E-state index is -10.5. The maximum absolute atomic E-state index is 13.5. The van der Waals surface area contributed by atoms with Crippen molar-refractivity contribution >= 4 is 42.3 Å². The third-order valence-electron chi connectivity index (χ3n) is 4.74. The number of aliphatic hydroxyl groups excluding tert-OH is 1. The lowest BCUT2D eigenvalue weighted by atomic mass is 10.4. The summed E-state index contributed by atoms with van der Waals surface area (Å²) in [5.41, 5.74) is 0. The Bertz CT molecular complexity index is 1130. The van der Waals surface area contributed by atoms with Gasteiger partial charge < -0.3 is 5.11 Å². The maximum Gasteiger partial charge on any atom is 0.296 e. The Morgan fingerprint density at radius 3 is 1.32 bits per heavy atom.